The Kier molecular flexibility index (Phi) is 5.39. The van der Waals surface area contributed by atoms with Crippen LogP contribution < -0.4 is 10.2 Å². The lowest BCUT2D eigenvalue weighted by atomic mass is 10.1. The number of carbonyl (C=O) groups excluding carboxylic acids is 1. The molecule has 1 amide bonds. The number of anilines is 1. The van der Waals surface area contributed by atoms with Crippen molar-refractivity contribution >= 4 is 23.1 Å². The number of pyridine rings is 2. The molecule has 0 radical (unpaired) electrons. The van der Waals surface area contributed by atoms with E-state index in [1.165, 1.54) is 30.6 Å². The van der Waals surface area contributed by atoms with E-state index in [4.69, 9.17) is 0 Å². The van der Waals surface area contributed by atoms with Crippen LogP contribution in [0.25, 0.3) is 10.6 Å². The largest absolute Gasteiger partial charge is 0.357 e. The SMILES string of the molecule is O=C(NCc1ccccn1)c1csc(-c2ccc(N3CCCCC3)nc2)n1. The highest BCUT2D eigenvalue weighted by Crippen LogP contribution is 2.25. The zero-order chi connectivity index (χ0) is 18.5. The third-order valence-electron chi connectivity index (χ3n) is 4.57. The molecule has 4 heterocycles. The summed E-state index contributed by atoms with van der Waals surface area (Å²) in [5.74, 6) is 0.824. The first-order valence-corrected chi connectivity index (χ1v) is 10.0. The van der Waals surface area contributed by atoms with Crippen LogP contribution in [0.1, 0.15) is 35.4 Å². The fourth-order valence-electron chi connectivity index (χ4n) is 3.10. The number of nitrogens with zero attached hydrogens (tertiary/aromatic N) is 4. The van der Waals surface area contributed by atoms with Crippen molar-refractivity contribution in [3.05, 3.63) is 59.5 Å². The second-order valence-electron chi connectivity index (χ2n) is 6.49. The van der Waals surface area contributed by atoms with E-state index >= 15 is 0 Å². The minimum absolute atomic E-state index is 0.193. The number of thiazole rings is 1. The van der Waals surface area contributed by atoms with Gasteiger partial charge in [0.05, 0.1) is 12.2 Å². The fraction of sp³-hybridized carbons (Fsp3) is 0.300. The normalized spacial score (nSPS) is 14.1. The summed E-state index contributed by atoms with van der Waals surface area (Å²) in [6.45, 7) is 2.53. The van der Waals surface area contributed by atoms with Gasteiger partial charge in [-0.25, -0.2) is 9.97 Å². The molecule has 27 heavy (non-hydrogen) atoms. The summed E-state index contributed by atoms with van der Waals surface area (Å²) in [6.07, 6.45) is 7.32. The first-order chi connectivity index (χ1) is 13.3. The van der Waals surface area contributed by atoms with Gasteiger partial charge in [-0.2, -0.15) is 0 Å². The van der Waals surface area contributed by atoms with E-state index in [1.807, 2.05) is 36.5 Å². The Bertz CT molecular complexity index is 888. The number of carbonyl (C=O) groups is 1. The summed E-state index contributed by atoms with van der Waals surface area (Å²) in [6, 6.07) is 9.70. The molecule has 6 nitrogen and oxygen atoms in total. The van der Waals surface area contributed by atoms with Crippen LogP contribution in [0.2, 0.25) is 0 Å². The van der Waals surface area contributed by atoms with Gasteiger partial charge in [-0.3, -0.25) is 9.78 Å². The van der Waals surface area contributed by atoms with Gasteiger partial charge < -0.3 is 10.2 Å². The molecule has 0 unspecified atom stereocenters. The Balaban J connectivity index is 1.40. The fourth-order valence-corrected chi connectivity index (χ4v) is 3.89. The van der Waals surface area contributed by atoms with Crippen LogP contribution in [-0.2, 0) is 6.54 Å². The topological polar surface area (TPSA) is 71.0 Å². The van der Waals surface area contributed by atoms with Crippen LogP contribution >= 0.6 is 11.3 Å². The third kappa shape index (κ3) is 4.31. The molecule has 1 aliphatic heterocycles. The Morgan fingerprint density at radius 3 is 2.74 bits per heavy atom. The second kappa shape index (κ2) is 8.26. The van der Waals surface area contributed by atoms with Crippen molar-refractivity contribution in [1.82, 2.24) is 20.3 Å². The van der Waals surface area contributed by atoms with E-state index in [-0.39, 0.29) is 5.91 Å². The lowest BCUT2D eigenvalue weighted by Gasteiger charge is -2.27. The standard InChI is InChI=1S/C20H21N5OS/c26-19(23-13-16-6-2-3-9-21-16)17-14-27-20(24-17)15-7-8-18(22-12-15)25-10-4-1-5-11-25/h2-3,6-9,12,14H,1,4-5,10-11,13H2,(H,23,26). The molecule has 3 aromatic heterocycles. The number of amides is 1. The molecule has 3 aromatic rings. The van der Waals surface area contributed by atoms with Crippen LogP contribution in [0.3, 0.4) is 0 Å². The van der Waals surface area contributed by atoms with Crippen LogP contribution in [0.15, 0.2) is 48.1 Å². The number of hydrogen-bond donors (Lipinski definition) is 1. The average Bonchev–Trinajstić information content (AvgIpc) is 3.24. The van der Waals surface area contributed by atoms with E-state index in [9.17, 15) is 4.79 Å². The summed E-state index contributed by atoms with van der Waals surface area (Å²) >= 11 is 1.45. The zero-order valence-electron chi connectivity index (χ0n) is 15.0. The van der Waals surface area contributed by atoms with Gasteiger partial charge in [-0.15, -0.1) is 11.3 Å². The maximum atomic E-state index is 12.3. The lowest BCUT2D eigenvalue weighted by Crippen LogP contribution is -2.29. The minimum Gasteiger partial charge on any atom is -0.357 e. The Morgan fingerprint density at radius 2 is 2.00 bits per heavy atom. The van der Waals surface area contributed by atoms with Gasteiger partial charge in [0.1, 0.15) is 16.5 Å². The summed E-state index contributed by atoms with van der Waals surface area (Å²) in [7, 11) is 0. The van der Waals surface area contributed by atoms with Gasteiger partial charge in [0.2, 0.25) is 0 Å². The number of nitrogens with one attached hydrogen (secondary N) is 1. The van der Waals surface area contributed by atoms with Crippen molar-refractivity contribution in [2.45, 2.75) is 25.8 Å². The first-order valence-electron chi connectivity index (χ1n) is 9.14. The monoisotopic (exact) mass is 379 g/mol. The van der Waals surface area contributed by atoms with Gasteiger partial charge in [-0.05, 0) is 43.5 Å². The van der Waals surface area contributed by atoms with Crippen molar-refractivity contribution < 1.29 is 4.79 Å². The molecule has 0 saturated carbocycles. The summed E-state index contributed by atoms with van der Waals surface area (Å²) < 4.78 is 0. The van der Waals surface area contributed by atoms with Crippen LogP contribution in [0, 0.1) is 0 Å². The maximum absolute atomic E-state index is 12.3. The zero-order valence-corrected chi connectivity index (χ0v) is 15.8. The van der Waals surface area contributed by atoms with E-state index in [0.717, 1.165) is 35.2 Å². The van der Waals surface area contributed by atoms with Gasteiger partial charge in [0.25, 0.3) is 5.91 Å². The molecular weight excluding hydrogens is 358 g/mol. The predicted octanol–water partition coefficient (Wildman–Crippen LogP) is 3.52. The molecule has 7 heteroatoms. The average molecular weight is 379 g/mol. The van der Waals surface area contributed by atoms with E-state index in [1.54, 1.807) is 11.6 Å². The Morgan fingerprint density at radius 1 is 1.11 bits per heavy atom. The highest BCUT2D eigenvalue weighted by molar-refractivity contribution is 7.13. The van der Waals surface area contributed by atoms with E-state index in [2.05, 4.69) is 25.2 Å². The van der Waals surface area contributed by atoms with Crippen LogP contribution in [0.4, 0.5) is 5.82 Å². The number of piperidine rings is 1. The van der Waals surface area contributed by atoms with Crippen molar-refractivity contribution in [3.63, 3.8) is 0 Å². The maximum Gasteiger partial charge on any atom is 0.271 e. The smallest absolute Gasteiger partial charge is 0.271 e. The number of rotatable bonds is 5. The Hall–Kier alpha value is -2.80. The lowest BCUT2D eigenvalue weighted by molar-refractivity contribution is 0.0946. The quantitative estimate of drug-likeness (QED) is 0.734. The molecule has 1 N–H and O–H groups in total. The minimum atomic E-state index is -0.193. The molecule has 0 bridgehead atoms. The summed E-state index contributed by atoms with van der Waals surface area (Å²) in [5, 5.41) is 5.43. The number of hydrogen-bond acceptors (Lipinski definition) is 6. The molecule has 0 atom stereocenters. The van der Waals surface area contributed by atoms with Crippen LogP contribution in [-0.4, -0.2) is 33.9 Å². The molecule has 4 rings (SSSR count). The van der Waals surface area contributed by atoms with Crippen molar-refractivity contribution in [2.75, 3.05) is 18.0 Å². The second-order valence-corrected chi connectivity index (χ2v) is 7.35. The van der Waals surface area contributed by atoms with E-state index < -0.39 is 0 Å². The van der Waals surface area contributed by atoms with Crippen molar-refractivity contribution in [2.24, 2.45) is 0 Å². The van der Waals surface area contributed by atoms with Gasteiger partial charge in [0, 0.05) is 36.4 Å². The first kappa shape index (κ1) is 17.6. The molecule has 0 spiro atoms. The molecule has 1 fully saturated rings. The number of aromatic nitrogens is 3. The molecule has 0 aliphatic carbocycles. The highest BCUT2D eigenvalue weighted by Gasteiger charge is 2.14. The van der Waals surface area contributed by atoms with E-state index in [0.29, 0.717) is 12.2 Å². The third-order valence-corrected chi connectivity index (χ3v) is 5.46. The molecule has 1 saturated heterocycles. The Labute approximate surface area is 162 Å². The summed E-state index contributed by atoms with van der Waals surface area (Å²) in [5.41, 5.74) is 2.18. The molecule has 1 aliphatic rings. The van der Waals surface area contributed by atoms with Gasteiger partial charge in [0.15, 0.2) is 0 Å². The predicted molar refractivity (Wildman–Crippen MR) is 107 cm³/mol. The highest BCUT2D eigenvalue weighted by atomic mass is 32.1. The molecular formula is C20H21N5OS. The summed E-state index contributed by atoms with van der Waals surface area (Å²) in [4.78, 5) is 27.9. The van der Waals surface area contributed by atoms with Gasteiger partial charge in [-0.1, -0.05) is 6.07 Å². The van der Waals surface area contributed by atoms with Crippen molar-refractivity contribution in [1.29, 1.82) is 0 Å². The van der Waals surface area contributed by atoms with Crippen molar-refractivity contribution in [3.8, 4) is 10.6 Å². The van der Waals surface area contributed by atoms with Gasteiger partial charge >= 0.3 is 0 Å². The molecule has 138 valence electrons. The van der Waals surface area contributed by atoms with Crippen LogP contribution in [0.5, 0.6) is 0 Å². The molecule has 0 aromatic carbocycles.